The number of benzene rings is 1. The molecule has 26 heavy (non-hydrogen) atoms. The largest absolute Gasteiger partial charge is 0.310 e. The van der Waals surface area contributed by atoms with Crippen molar-refractivity contribution in [3.05, 3.63) is 29.8 Å². The van der Waals surface area contributed by atoms with Crippen molar-refractivity contribution in [1.82, 2.24) is 9.80 Å². The maximum Gasteiger partial charge on any atom is 0.244 e. The van der Waals surface area contributed by atoms with Crippen LogP contribution in [0.5, 0.6) is 0 Å². The summed E-state index contributed by atoms with van der Waals surface area (Å²) < 4.78 is 23.4. The van der Waals surface area contributed by atoms with Gasteiger partial charge in [-0.1, -0.05) is 18.2 Å². The van der Waals surface area contributed by atoms with Gasteiger partial charge in [0.05, 0.1) is 17.5 Å². The summed E-state index contributed by atoms with van der Waals surface area (Å²) in [6, 6.07) is 8.17. The molecule has 0 bridgehead atoms. The molecule has 1 amide bonds. The molecule has 0 aliphatic carbocycles. The summed E-state index contributed by atoms with van der Waals surface area (Å²) >= 11 is 0. The Bertz CT molecular complexity index is 787. The van der Waals surface area contributed by atoms with E-state index in [1.165, 1.54) is 5.56 Å². The van der Waals surface area contributed by atoms with Crippen molar-refractivity contribution in [2.45, 2.75) is 31.8 Å². The van der Waals surface area contributed by atoms with E-state index in [2.05, 4.69) is 15.9 Å². The van der Waals surface area contributed by atoms with Gasteiger partial charge in [-0.25, -0.2) is 8.42 Å². The van der Waals surface area contributed by atoms with Crippen LogP contribution in [0.15, 0.2) is 24.3 Å². The Morgan fingerprint density at radius 2 is 1.85 bits per heavy atom. The fourth-order valence-corrected chi connectivity index (χ4v) is 6.26. The van der Waals surface area contributed by atoms with E-state index >= 15 is 0 Å². The quantitative estimate of drug-likeness (QED) is 0.779. The molecule has 0 N–H and O–H groups in total. The number of anilines is 1. The third-order valence-corrected chi connectivity index (χ3v) is 7.88. The highest BCUT2D eigenvalue weighted by Crippen LogP contribution is 2.29. The molecule has 3 aliphatic rings. The van der Waals surface area contributed by atoms with E-state index in [1.807, 2.05) is 30.0 Å². The highest BCUT2D eigenvalue weighted by molar-refractivity contribution is 7.91. The fraction of sp³-hybridized carbons (Fsp3) is 0.632. The average Bonchev–Trinajstić information content (AvgIpc) is 3.24. The second kappa shape index (κ2) is 6.94. The number of para-hydroxylation sites is 1. The standard InChI is InChI=1S/C19H27N3O3S/c1-15(19(23)22-8-6-16-4-2-3-5-18(16)22)20-9-11-21(12-10-20)17-7-13-26(24,25)14-17/h2-5,15,17H,6-14H2,1H3/t15-,17+/m1/s1. The zero-order valence-corrected chi connectivity index (χ0v) is 16.1. The first kappa shape index (κ1) is 17.9. The van der Waals surface area contributed by atoms with E-state index in [1.54, 1.807) is 0 Å². The molecular weight excluding hydrogens is 350 g/mol. The fourth-order valence-electron chi connectivity index (χ4n) is 4.50. The van der Waals surface area contributed by atoms with Crippen molar-refractivity contribution >= 4 is 21.4 Å². The molecule has 142 valence electrons. The number of hydrogen-bond acceptors (Lipinski definition) is 5. The van der Waals surface area contributed by atoms with E-state index in [0.29, 0.717) is 11.5 Å². The Balaban J connectivity index is 1.35. The lowest BCUT2D eigenvalue weighted by Gasteiger charge is -2.40. The summed E-state index contributed by atoms with van der Waals surface area (Å²) in [7, 11) is -2.84. The van der Waals surface area contributed by atoms with Gasteiger partial charge in [-0.15, -0.1) is 0 Å². The third kappa shape index (κ3) is 3.40. The first-order valence-electron chi connectivity index (χ1n) is 9.52. The number of fused-ring (bicyclic) bond motifs is 1. The Morgan fingerprint density at radius 3 is 2.54 bits per heavy atom. The van der Waals surface area contributed by atoms with Crippen LogP contribution in [0.1, 0.15) is 18.9 Å². The molecule has 7 heteroatoms. The maximum absolute atomic E-state index is 13.0. The van der Waals surface area contributed by atoms with Crippen LogP contribution in [-0.4, -0.2) is 80.4 Å². The van der Waals surface area contributed by atoms with Gasteiger partial charge in [-0.2, -0.15) is 0 Å². The SMILES string of the molecule is C[C@H](C(=O)N1CCc2ccccc21)N1CCN([C@H]2CCS(=O)(=O)C2)CC1. The van der Waals surface area contributed by atoms with Crippen LogP contribution in [0, 0.1) is 0 Å². The molecule has 4 rings (SSSR count). The molecule has 0 radical (unpaired) electrons. The van der Waals surface area contributed by atoms with Crippen LogP contribution in [0.2, 0.25) is 0 Å². The molecule has 0 unspecified atom stereocenters. The van der Waals surface area contributed by atoms with E-state index < -0.39 is 9.84 Å². The molecule has 2 fully saturated rings. The highest BCUT2D eigenvalue weighted by atomic mass is 32.2. The number of rotatable bonds is 3. The van der Waals surface area contributed by atoms with E-state index in [-0.39, 0.29) is 18.0 Å². The normalized spacial score (nSPS) is 27.4. The Morgan fingerprint density at radius 1 is 1.12 bits per heavy atom. The highest BCUT2D eigenvalue weighted by Gasteiger charge is 2.36. The summed E-state index contributed by atoms with van der Waals surface area (Å²) in [5.41, 5.74) is 2.31. The monoisotopic (exact) mass is 377 g/mol. The van der Waals surface area contributed by atoms with Crippen molar-refractivity contribution in [2.75, 3.05) is 49.1 Å². The number of piperazine rings is 1. The van der Waals surface area contributed by atoms with Gasteiger partial charge in [0.1, 0.15) is 0 Å². The maximum atomic E-state index is 13.0. The molecule has 1 aromatic carbocycles. The number of amides is 1. The van der Waals surface area contributed by atoms with Crippen molar-refractivity contribution in [2.24, 2.45) is 0 Å². The van der Waals surface area contributed by atoms with Crippen LogP contribution >= 0.6 is 0 Å². The smallest absolute Gasteiger partial charge is 0.244 e. The van der Waals surface area contributed by atoms with Gasteiger partial charge in [0.15, 0.2) is 9.84 Å². The van der Waals surface area contributed by atoms with Crippen LogP contribution in [0.4, 0.5) is 5.69 Å². The number of sulfone groups is 1. The van der Waals surface area contributed by atoms with E-state index in [9.17, 15) is 13.2 Å². The van der Waals surface area contributed by atoms with E-state index in [4.69, 9.17) is 0 Å². The summed E-state index contributed by atoms with van der Waals surface area (Å²) in [5.74, 6) is 0.791. The summed E-state index contributed by atoms with van der Waals surface area (Å²) in [5, 5.41) is 0. The molecule has 3 aliphatic heterocycles. The molecule has 0 spiro atoms. The molecule has 3 heterocycles. The number of carbonyl (C=O) groups excluding carboxylic acids is 1. The number of nitrogens with zero attached hydrogens (tertiary/aromatic N) is 3. The van der Waals surface area contributed by atoms with Crippen LogP contribution in [0.25, 0.3) is 0 Å². The lowest BCUT2D eigenvalue weighted by Crippen LogP contribution is -2.56. The Labute approximate surface area is 155 Å². The lowest BCUT2D eigenvalue weighted by molar-refractivity contribution is -0.124. The van der Waals surface area contributed by atoms with Gasteiger partial charge in [0, 0.05) is 44.5 Å². The van der Waals surface area contributed by atoms with Gasteiger partial charge >= 0.3 is 0 Å². The average molecular weight is 378 g/mol. The Kier molecular flexibility index (Phi) is 4.79. The van der Waals surface area contributed by atoms with Crippen LogP contribution < -0.4 is 4.90 Å². The minimum atomic E-state index is -2.84. The molecule has 1 aromatic rings. The Hall–Kier alpha value is -1.44. The topological polar surface area (TPSA) is 60.9 Å². The minimum Gasteiger partial charge on any atom is -0.310 e. The first-order chi connectivity index (χ1) is 12.4. The van der Waals surface area contributed by atoms with Gasteiger partial charge in [0.25, 0.3) is 0 Å². The van der Waals surface area contributed by atoms with Crippen LogP contribution in [-0.2, 0) is 21.1 Å². The summed E-state index contributed by atoms with van der Waals surface area (Å²) in [6.07, 6.45) is 1.68. The van der Waals surface area contributed by atoms with Gasteiger partial charge in [-0.05, 0) is 31.4 Å². The predicted octanol–water partition coefficient (Wildman–Crippen LogP) is 0.769. The van der Waals surface area contributed by atoms with Gasteiger partial charge < -0.3 is 4.90 Å². The minimum absolute atomic E-state index is 0.143. The zero-order valence-electron chi connectivity index (χ0n) is 15.3. The van der Waals surface area contributed by atoms with Crippen LogP contribution in [0.3, 0.4) is 0 Å². The number of carbonyl (C=O) groups is 1. The van der Waals surface area contributed by atoms with Crippen molar-refractivity contribution in [1.29, 1.82) is 0 Å². The molecule has 6 nitrogen and oxygen atoms in total. The summed E-state index contributed by atoms with van der Waals surface area (Å²) in [6.45, 7) is 6.09. The zero-order chi connectivity index (χ0) is 18.3. The predicted molar refractivity (Wildman–Crippen MR) is 102 cm³/mol. The lowest BCUT2D eigenvalue weighted by atomic mass is 10.1. The summed E-state index contributed by atoms with van der Waals surface area (Å²) in [4.78, 5) is 19.5. The van der Waals surface area contributed by atoms with Gasteiger partial charge in [0.2, 0.25) is 5.91 Å². The molecule has 2 saturated heterocycles. The second-order valence-corrected chi connectivity index (χ2v) is 9.90. The second-order valence-electron chi connectivity index (χ2n) is 7.67. The van der Waals surface area contributed by atoms with Crippen molar-refractivity contribution < 1.29 is 13.2 Å². The van der Waals surface area contributed by atoms with Crippen molar-refractivity contribution in [3.63, 3.8) is 0 Å². The molecule has 0 saturated carbocycles. The van der Waals surface area contributed by atoms with E-state index in [0.717, 1.165) is 51.3 Å². The molecule has 2 atom stereocenters. The van der Waals surface area contributed by atoms with Gasteiger partial charge in [-0.3, -0.25) is 14.6 Å². The third-order valence-electron chi connectivity index (χ3n) is 6.13. The molecular formula is C19H27N3O3S. The van der Waals surface area contributed by atoms with Crippen molar-refractivity contribution in [3.8, 4) is 0 Å². The molecule has 0 aromatic heterocycles. The first-order valence-corrected chi connectivity index (χ1v) is 11.3. The number of hydrogen-bond donors (Lipinski definition) is 0.